The number of methoxy groups -OCH3 is 2. The van der Waals surface area contributed by atoms with E-state index in [1.165, 1.54) is 0 Å². The van der Waals surface area contributed by atoms with Crippen LogP contribution in [0.25, 0.3) is 11.0 Å². The number of carbonyl (C=O) groups is 1. The van der Waals surface area contributed by atoms with Crippen LogP contribution in [0.3, 0.4) is 0 Å². The highest BCUT2D eigenvalue weighted by molar-refractivity contribution is 5.91. The highest BCUT2D eigenvalue weighted by Crippen LogP contribution is 2.32. The quantitative estimate of drug-likeness (QED) is 0.919. The smallest absolute Gasteiger partial charge is 0.412 e. The zero-order chi connectivity index (χ0) is 17.9. The number of nitrogens with zero attached hydrogens (tertiary/aromatic N) is 2. The maximum atomic E-state index is 12.1. The molecule has 0 aliphatic heterocycles. The summed E-state index contributed by atoms with van der Waals surface area (Å²) in [5, 5.41) is 2.73. The van der Waals surface area contributed by atoms with Gasteiger partial charge in [0.2, 0.25) is 5.88 Å². The molecule has 1 unspecified atom stereocenters. The Kier molecular flexibility index (Phi) is 5.23. The third kappa shape index (κ3) is 4.11. The average molecular weight is 333 g/mol. The molecule has 0 aliphatic carbocycles. The van der Waals surface area contributed by atoms with E-state index in [9.17, 15) is 4.79 Å². The lowest BCUT2D eigenvalue weighted by Gasteiger charge is -2.22. The number of aromatic nitrogens is 2. The molecule has 2 rings (SSSR count). The van der Waals surface area contributed by atoms with Gasteiger partial charge in [-0.05, 0) is 33.8 Å². The second-order valence-electron chi connectivity index (χ2n) is 6.31. The van der Waals surface area contributed by atoms with Crippen molar-refractivity contribution in [2.24, 2.45) is 0 Å². The third-order valence-corrected chi connectivity index (χ3v) is 3.33. The van der Waals surface area contributed by atoms with E-state index in [0.29, 0.717) is 28.2 Å². The van der Waals surface area contributed by atoms with Crippen molar-refractivity contribution >= 4 is 22.8 Å². The molecule has 0 radical (unpaired) electrons. The predicted octanol–water partition coefficient (Wildman–Crippen LogP) is 3.69. The average Bonchev–Trinajstić information content (AvgIpc) is 2.51. The molecule has 0 aromatic carbocycles. The number of fused-ring (bicyclic) bond motifs is 1. The van der Waals surface area contributed by atoms with Crippen LogP contribution in [0.15, 0.2) is 18.3 Å². The largest absolute Gasteiger partial charge is 0.481 e. The fourth-order valence-corrected chi connectivity index (χ4v) is 2.22. The van der Waals surface area contributed by atoms with Crippen LogP contribution < -0.4 is 10.1 Å². The van der Waals surface area contributed by atoms with Crippen molar-refractivity contribution in [2.45, 2.75) is 39.4 Å². The van der Waals surface area contributed by atoms with E-state index in [1.807, 2.05) is 13.0 Å². The van der Waals surface area contributed by atoms with Crippen LogP contribution in [-0.4, -0.2) is 35.9 Å². The fourth-order valence-electron chi connectivity index (χ4n) is 2.22. The molecule has 0 aliphatic rings. The van der Waals surface area contributed by atoms with Gasteiger partial charge in [-0.1, -0.05) is 0 Å². The molecule has 1 atom stereocenters. The number of anilines is 1. The van der Waals surface area contributed by atoms with E-state index >= 15 is 0 Å². The second-order valence-corrected chi connectivity index (χ2v) is 6.31. The monoisotopic (exact) mass is 333 g/mol. The lowest BCUT2D eigenvalue weighted by atomic mass is 10.1. The predicted molar refractivity (Wildman–Crippen MR) is 91.4 cm³/mol. The molecule has 0 spiro atoms. The van der Waals surface area contributed by atoms with Crippen LogP contribution in [0.1, 0.15) is 39.4 Å². The van der Waals surface area contributed by atoms with E-state index in [1.54, 1.807) is 47.3 Å². The van der Waals surface area contributed by atoms with Crippen LogP contribution >= 0.6 is 0 Å². The van der Waals surface area contributed by atoms with Crippen molar-refractivity contribution in [3.63, 3.8) is 0 Å². The maximum Gasteiger partial charge on any atom is 0.412 e. The Labute approximate surface area is 141 Å². The van der Waals surface area contributed by atoms with Gasteiger partial charge in [0.05, 0.1) is 30.6 Å². The Morgan fingerprint density at radius 3 is 2.54 bits per heavy atom. The molecule has 2 aromatic heterocycles. The Bertz CT molecular complexity index is 740. The molecule has 0 fully saturated rings. The highest BCUT2D eigenvalue weighted by atomic mass is 16.6. The van der Waals surface area contributed by atoms with Crippen molar-refractivity contribution in [1.82, 2.24) is 9.97 Å². The van der Waals surface area contributed by atoms with Gasteiger partial charge in [-0.15, -0.1) is 0 Å². The Morgan fingerprint density at radius 1 is 1.25 bits per heavy atom. The van der Waals surface area contributed by atoms with Gasteiger partial charge in [-0.3, -0.25) is 10.3 Å². The zero-order valence-corrected chi connectivity index (χ0v) is 14.8. The van der Waals surface area contributed by atoms with Crippen molar-refractivity contribution in [1.29, 1.82) is 0 Å². The lowest BCUT2D eigenvalue weighted by Crippen LogP contribution is -2.27. The van der Waals surface area contributed by atoms with E-state index < -0.39 is 11.7 Å². The first-order valence-electron chi connectivity index (χ1n) is 7.61. The fraction of sp³-hybridized carbons (Fsp3) is 0.471. The van der Waals surface area contributed by atoms with Gasteiger partial charge < -0.3 is 14.2 Å². The number of amides is 1. The van der Waals surface area contributed by atoms with Gasteiger partial charge in [-0.2, -0.15) is 0 Å². The van der Waals surface area contributed by atoms with E-state index in [0.717, 1.165) is 0 Å². The number of hydrogen-bond donors (Lipinski definition) is 1. The number of ether oxygens (including phenoxy) is 3. The van der Waals surface area contributed by atoms with Crippen LogP contribution in [-0.2, 0) is 9.47 Å². The van der Waals surface area contributed by atoms with Gasteiger partial charge in [0.15, 0.2) is 0 Å². The summed E-state index contributed by atoms with van der Waals surface area (Å²) in [6.07, 6.45) is 0.710. The van der Waals surface area contributed by atoms with E-state index in [-0.39, 0.29) is 6.10 Å². The Morgan fingerprint density at radius 2 is 1.96 bits per heavy atom. The van der Waals surface area contributed by atoms with Gasteiger partial charge in [0.25, 0.3) is 0 Å². The minimum atomic E-state index is -0.594. The number of carbonyl (C=O) groups excluding carboxylic acids is 1. The molecule has 130 valence electrons. The van der Waals surface area contributed by atoms with E-state index in [4.69, 9.17) is 14.2 Å². The van der Waals surface area contributed by atoms with Crippen molar-refractivity contribution in [2.75, 3.05) is 19.5 Å². The summed E-state index contributed by atoms with van der Waals surface area (Å²) in [5.41, 5.74) is 1.91. The molecule has 2 heterocycles. The third-order valence-electron chi connectivity index (χ3n) is 3.33. The molecule has 0 bridgehead atoms. The van der Waals surface area contributed by atoms with Crippen molar-refractivity contribution < 1.29 is 19.0 Å². The number of rotatable bonds is 4. The molecule has 2 aromatic rings. The summed E-state index contributed by atoms with van der Waals surface area (Å²) >= 11 is 0. The summed E-state index contributed by atoms with van der Waals surface area (Å²) in [5.74, 6) is 0.461. The SMILES string of the molecule is COc1ccc2ncc(NC(=O)OC(C)(C)C)c(C(C)OC)c2n1. The van der Waals surface area contributed by atoms with Gasteiger partial charge in [0, 0.05) is 18.7 Å². The summed E-state index contributed by atoms with van der Waals surface area (Å²) in [7, 11) is 3.14. The summed E-state index contributed by atoms with van der Waals surface area (Å²) in [4.78, 5) is 20.9. The number of pyridine rings is 2. The van der Waals surface area contributed by atoms with Crippen LogP contribution in [0.2, 0.25) is 0 Å². The highest BCUT2D eigenvalue weighted by Gasteiger charge is 2.21. The van der Waals surface area contributed by atoms with Gasteiger partial charge >= 0.3 is 6.09 Å². The number of hydrogen-bond acceptors (Lipinski definition) is 6. The minimum Gasteiger partial charge on any atom is -0.481 e. The second kappa shape index (κ2) is 7.00. The molecular formula is C17H23N3O4. The molecule has 0 saturated heterocycles. The molecular weight excluding hydrogens is 310 g/mol. The molecule has 24 heavy (non-hydrogen) atoms. The lowest BCUT2D eigenvalue weighted by molar-refractivity contribution is 0.0635. The first-order chi connectivity index (χ1) is 11.2. The van der Waals surface area contributed by atoms with Gasteiger partial charge in [-0.25, -0.2) is 9.78 Å². The molecule has 0 saturated carbocycles. The van der Waals surface area contributed by atoms with Crippen LogP contribution in [0, 0.1) is 0 Å². The summed E-state index contributed by atoms with van der Waals surface area (Å²) < 4.78 is 15.9. The van der Waals surface area contributed by atoms with Crippen LogP contribution in [0.5, 0.6) is 5.88 Å². The summed E-state index contributed by atoms with van der Waals surface area (Å²) in [6, 6.07) is 3.54. The normalized spacial score (nSPS) is 12.8. The zero-order valence-electron chi connectivity index (χ0n) is 14.8. The minimum absolute atomic E-state index is 0.306. The first-order valence-corrected chi connectivity index (χ1v) is 7.61. The number of nitrogens with one attached hydrogen (secondary N) is 1. The molecule has 1 amide bonds. The van der Waals surface area contributed by atoms with Crippen LogP contribution in [0.4, 0.5) is 10.5 Å². The molecule has 1 N–H and O–H groups in total. The van der Waals surface area contributed by atoms with Gasteiger partial charge in [0.1, 0.15) is 11.1 Å². The summed E-state index contributed by atoms with van der Waals surface area (Å²) in [6.45, 7) is 7.28. The standard InChI is InChI=1S/C17H23N3O4/c1-10(22-5)14-12(19-16(21)24-17(2,3)4)9-18-11-7-8-13(23-6)20-15(11)14/h7-10H,1-6H3,(H,19,21). The maximum absolute atomic E-state index is 12.1. The molecule has 7 nitrogen and oxygen atoms in total. The Hall–Kier alpha value is -2.41. The Balaban J connectivity index is 2.50. The topological polar surface area (TPSA) is 82.6 Å². The molecule has 7 heteroatoms. The van der Waals surface area contributed by atoms with E-state index in [2.05, 4.69) is 15.3 Å². The first kappa shape index (κ1) is 17.9. The van der Waals surface area contributed by atoms with Crippen molar-refractivity contribution in [3.8, 4) is 5.88 Å². The van der Waals surface area contributed by atoms with Crippen molar-refractivity contribution in [3.05, 3.63) is 23.9 Å².